The third-order valence-electron chi connectivity index (χ3n) is 3.26. The zero-order chi connectivity index (χ0) is 10.6. The van der Waals surface area contributed by atoms with Crippen molar-refractivity contribution in [2.45, 2.75) is 56.8 Å². The Morgan fingerprint density at radius 2 is 1.86 bits per heavy atom. The van der Waals surface area contributed by atoms with E-state index in [1.54, 1.807) is 0 Å². The first kappa shape index (κ1) is 10.6. The smallest absolute Gasteiger partial charge is 0.281 e. The Bertz CT molecular complexity index is 249. The summed E-state index contributed by atoms with van der Waals surface area (Å²) in [6.45, 7) is 5.96. The van der Waals surface area contributed by atoms with Crippen molar-refractivity contribution in [1.82, 2.24) is 0 Å². The lowest BCUT2D eigenvalue weighted by molar-refractivity contribution is 0.00121. The lowest BCUT2D eigenvalue weighted by Gasteiger charge is -2.29. The standard InChI is InChI=1S/C10H18F2OSi/c1-14(2,3)13-9-7-5-4-6-8(9)10(9,11)12/h8H,4-7H2,1-3H3/t8-,9-/m1/s1. The zero-order valence-electron chi connectivity index (χ0n) is 9.07. The normalized spacial score (nSPS) is 40.5. The monoisotopic (exact) mass is 220 g/mol. The first-order chi connectivity index (χ1) is 6.30. The minimum absolute atomic E-state index is 0.476. The summed E-state index contributed by atoms with van der Waals surface area (Å²) in [5.74, 6) is -3.01. The zero-order valence-corrected chi connectivity index (χ0v) is 10.1. The van der Waals surface area contributed by atoms with Gasteiger partial charge in [0, 0.05) is 0 Å². The van der Waals surface area contributed by atoms with Crippen molar-refractivity contribution in [2.75, 3.05) is 0 Å². The van der Waals surface area contributed by atoms with Gasteiger partial charge in [-0.25, -0.2) is 8.78 Å². The van der Waals surface area contributed by atoms with Gasteiger partial charge in [0.1, 0.15) is 5.60 Å². The molecule has 4 heteroatoms. The number of fused-ring (bicyclic) bond motifs is 1. The summed E-state index contributed by atoms with van der Waals surface area (Å²) in [5.41, 5.74) is -1.05. The van der Waals surface area contributed by atoms with E-state index in [0.29, 0.717) is 12.8 Å². The molecule has 0 aromatic rings. The molecule has 82 valence electrons. The number of hydrogen-bond acceptors (Lipinski definition) is 1. The van der Waals surface area contributed by atoms with Crippen LogP contribution in [0.4, 0.5) is 8.78 Å². The lowest BCUT2D eigenvalue weighted by atomic mass is 9.98. The van der Waals surface area contributed by atoms with Crippen LogP contribution in [-0.4, -0.2) is 19.8 Å². The Labute approximate surface area is 85.0 Å². The maximum atomic E-state index is 13.6. The molecule has 2 rings (SSSR count). The molecular formula is C10H18F2OSi. The molecule has 0 bridgehead atoms. The number of halogens is 2. The van der Waals surface area contributed by atoms with Gasteiger partial charge < -0.3 is 4.43 Å². The van der Waals surface area contributed by atoms with Crippen LogP contribution in [0.1, 0.15) is 25.7 Å². The maximum Gasteiger partial charge on any atom is 0.281 e. The summed E-state index contributed by atoms with van der Waals surface area (Å²) in [6.07, 6.45) is 3.06. The molecule has 0 aromatic heterocycles. The second-order valence-electron chi connectivity index (χ2n) is 5.53. The van der Waals surface area contributed by atoms with Crippen LogP contribution in [0.5, 0.6) is 0 Å². The fourth-order valence-electron chi connectivity index (χ4n) is 2.73. The van der Waals surface area contributed by atoms with Gasteiger partial charge in [-0.2, -0.15) is 0 Å². The van der Waals surface area contributed by atoms with E-state index < -0.39 is 25.8 Å². The Balaban J connectivity index is 2.15. The molecule has 2 atom stereocenters. The van der Waals surface area contributed by atoms with Crippen LogP contribution in [0.3, 0.4) is 0 Å². The summed E-state index contributed by atoms with van der Waals surface area (Å²) >= 11 is 0. The fourth-order valence-corrected chi connectivity index (χ4v) is 4.21. The first-order valence-corrected chi connectivity index (χ1v) is 8.78. The minimum atomic E-state index is -2.54. The molecular weight excluding hydrogens is 202 g/mol. The molecule has 0 saturated heterocycles. The van der Waals surface area contributed by atoms with Gasteiger partial charge in [-0.1, -0.05) is 12.8 Å². The van der Waals surface area contributed by atoms with Gasteiger partial charge in [-0.3, -0.25) is 0 Å². The SMILES string of the molecule is C[Si](C)(C)O[C@]12CCCC[C@H]1C2(F)F. The first-order valence-electron chi connectivity index (χ1n) is 5.38. The number of alkyl halides is 2. The minimum Gasteiger partial charge on any atom is -0.405 e. The quantitative estimate of drug-likeness (QED) is 0.648. The van der Waals surface area contributed by atoms with Gasteiger partial charge in [-0.05, 0) is 32.5 Å². The second-order valence-corrected chi connectivity index (χ2v) is 9.95. The largest absolute Gasteiger partial charge is 0.405 e. The Morgan fingerprint density at radius 3 is 2.36 bits per heavy atom. The number of rotatable bonds is 2. The van der Waals surface area contributed by atoms with E-state index in [9.17, 15) is 8.78 Å². The fraction of sp³-hybridized carbons (Fsp3) is 1.00. The molecule has 14 heavy (non-hydrogen) atoms. The van der Waals surface area contributed by atoms with E-state index in [-0.39, 0.29) is 0 Å². The van der Waals surface area contributed by atoms with Crippen LogP contribution < -0.4 is 0 Å². The van der Waals surface area contributed by atoms with Crippen molar-refractivity contribution in [3.05, 3.63) is 0 Å². The topological polar surface area (TPSA) is 9.23 Å². The van der Waals surface area contributed by atoms with E-state index in [0.717, 1.165) is 12.8 Å². The summed E-state index contributed by atoms with van der Waals surface area (Å²) in [5, 5.41) is 0. The van der Waals surface area contributed by atoms with Crippen LogP contribution in [0.15, 0.2) is 0 Å². The molecule has 2 aliphatic rings. The van der Waals surface area contributed by atoms with Crippen LogP contribution in [-0.2, 0) is 4.43 Å². The van der Waals surface area contributed by atoms with E-state index >= 15 is 0 Å². The molecule has 2 saturated carbocycles. The third kappa shape index (κ3) is 1.34. The molecule has 2 fully saturated rings. The van der Waals surface area contributed by atoms with Crippen molar-refractivity contribution in [2.24, 2.45) is 5.92 Å². The Morgan fingerprint density at radius 1 is 1.21 bits per heavy atom. The van der Waals surface area contributed by atoms with Crippen LogP contribution >= 0.6 is 0 Å². The van der Waals surface area contributed by atoms with Crippen molar-refractivity contribution < 1.29 is 13.2 Å². The predicted octanol–water partition coefficient (Wildman–Crippen LogP) is 3.42. The van der Waals surface area contributed by atoms with Crippen molar-refractivity contribution in [3.8, 4) is 0 Å². The highest BCUT2D eigenvalue weighted by molar-refractivity contribution is 6.69. The van der Waals surface area contributed by atoms with Gasteiger partial charge in [0.25, 0.3) is 5.92 Å². The lowest BCUT2D eigenvalue weighted by Crippen LogP contribution is -2.38. The Kier molecular flexibility index (Phi) is 2.10. The Hall–Kier alpha value is 0.0369. The molecule has 0 aromatic carbocycles. The van der Waals surface area contributed by atoms with Crippen molar-refractivity contribution in [1.29, 1.82) is 0 Å². The van der Waals surface area contributed by atoms with Gasteiger partial charge in [0.15, 0.2) is 8.32 Å². The van der Waals surface area contributed by atoms with Gasteiger partial charge in [-0.15, -0.1) is 0 Å². The average molecular weight is 220 g/mol. The highest BCUT2D eigenvalue weighted by atomic mass is 28.4. The second kappa shape index (κ2) is 2.79. The van der Waals surface area contributed by atoms with Gasteiger partial charge >= 0.3 is 0 Å². The highest BCUT2D eigenvalue weighted by Crippen LogP contribution is 2.68. The van der Waals surface area contributed by atoms with E-state index in [4.69, 9.17) is 4.43 Å². The van der Waals surface area contributed by atoms with Crippen LogP contribution in [0.25, 0.3) is 0 Å². The maximum absolute atomic E-state index is 13.6. The molecule has 0 amide bonds. The predicted molar refractivity (Wildman–Crippen MR) is 54.1 cm³/mol. The summed E-state index contributed by atoms with van der Waals surface area (Å²) in [7, 11) is -1.84. The summed E-state index contributed by atoms with van der Waals surface area (Å²) in [6, 6.07) is 0. The molecule has 0 radical (unpaired) electrons. The molecule has 0 heterocycles. The van der Waals surface area contributed by atoms with Gasteiger partial charge in [0.05, 0.1) is 5.92 Å². The summed E-state index contributed by atoms with van der Waals surface area (Å²) < 4.78 is 32.9. The number of hydrogen-bond donors (Lipinski definition) is 0. The van der Waals surface area contributed by atoms with E-state index in [1.807, 2.05) is 19.6 Å². The van der Waals surface area contributed by atoms with Crippen molar-refractivity contribution in [3.63, 3.8) is 0 Å². The molecule has 2 aliphatic carbocycles. The molecule has 0 aliphatic heterocycles. The van der Waals surface area contributed by atoms with Crippen LogP contribution in [0.2, 0.25) is 19.6 Å². The highest BCUT2D eigenvalue weighted by Gasteiger charge is 2.82. The van der Waals surface area contributed by atoms with E-state index in [1.165, 1.54) is 0 Å². The van der Waals surface area contributed by atoms with Crippen molar-refractivity contribution >= 4 is 8.32 Å². The average Bonchev–Trinajstić information content (AvgIpc) is 2.46. The van der Waals surface area contributed by atoms with E-state index in [2.05, 4.69) is 0 Å². The third-order valence-corrected chi connectivity index (χ3v) is 4.24. The van der Waals surface area contributed by atoms with Crippen LogP contribution in [0, 0.1) is 5.92 Å². The molecule has 0 unspecified atom stereocenters. The van der Waals surface area contributed by atoms with Gasteiger partial charge in [0.2, 0.25) is 0 Å². The molecule has 1 nitrogen and oxygen atoms in total. The summed E-state index contributed by atoms with van der Waals surface area (Å²) in [4.78, 5) is 0. The molecule has 0 N–H and O–H groups in total. The molecule has 0 spiro atoms.